The normalized spacial score (nSPS) is 28.9. The van der Waals surface area contributed by atoms with Gasteiger partial charge in [-0.2, -0.15) is 0 Å². The molecular formula is C11H22N2O2. The van der Waals surface area contributed by atoms with E-state index in [2.05, 4.69) is 5.32 Å². The molecule has 1 amide bonds. The van der Waals surface area contributed by atoms with Crippen molar-refractivity contribution in [1.29, 1.82) is 0 Å². The maximum Gasteiger partial charge on any atom is 0.237 e. The predicted molar refractivity (Wildman–Crippen MR) is 59.2 cm³/mol. The molecule has 4 nitrogen and oxygen atoms in total. The Kier molecular flexibility index (Phi) is 4.54. The highest BCUT2D eigenvalue weighted by atomic mass is 16.3. The van der Waals surface area contributed by atoms with E-state index in [1.165, 1.54) is 0 Å². The molecule has 0 spiro atoms. The lowest BCUT2D eigenvalue weighted by atomic mass is 9.92. The lowest BCUT2D eigenvalue weighted by Crippen LogP contribution is -2.52. The number of rotatable bonds is 3. The van der Waals surface area contributed by atoms with Gasteiger partial charge >= 0.3 is 0 Å². The highest BCUT2D eigenvalue weighted by Gasteiger charge is 2.27. The van der Waals surface area contributed by atoms with Gasteiger partial charge in [0.1, 0.15) is 0 Å². The first kappa shape index (κ1) is 12.5. The van der Waals surface area contributed by atoms with Crippen molar-refractivity contribution in [2.24, 2.45) is 11.7 Å². The summed E-state index contributed by atoms with van der Waals surface area (Å²) in [5, 5.41) is 12.5. The van der Waals surface area contributed by atoms with Gasteiger partial charge < -0.3 is 16.2 Å². The van der Waals surface area contributed by atoms with E-state index in [-0.39, 0.29) is 17.9 Å². The minimum Gasteiger partial charge on any atom is -0.391 e. The molecule has 88 valence electrons. The summed E-state index contributed by atoms with van der Waals surface area (Å²) in [6.07, 6.45) is 3.35. The number of nitrogens with one attached hydrogen (secondary N) is 1. The van der Waals surface area contributed by atoms with Crippen LogP contribution in [0.15, 0.2) is 0 Å². The molecule has 0 aromatic rings. The van der Waals surface area contributed by atoms with Crippen LogP contribution in [-0.2, 0) is 4.79 Å². The van der Waals surface area contributed by atoms with Crippen LogP contribution >= 0.6 is 0 Å². The van der Waals surface area contributed by atoms with Crippen LogP contribution < -0.4 is 11.1 Å². The minimum atomic E-state index is -0.473. The summed E-state index contributed by atoms with van der Waals surface area (Å²) in [6, 6.07) is -0.574. The number of carbonyl (C=O) groups excluding carboxylic acids is 1. The molecule has 1 rings (SSSR count). The van der Waals surface area contributed by atoms with E-state index in [0.717, 1.165) is 25.7 Å². The molecule has 3 atom stereocenters. The van der Waals surface area contributed by atoms with Gasteiger partial charge in [0.2, 0.25) is 5.91 Å². The molecule has 0 aliphatic heterocycles. The molecule has 0 saturated heterocycles. The van der Waals surface area contributed by atoms with Crippen LogP contribution in [0.1, 0.15) is 39.5 Å². The zero-order valence-corrected chi connectivity index (χ0v) is 9.57. The third-order valence-corrected chi connectivity index (χ3v) is 3.08. The van der Waals surface area contributed by atoms with E-state index in [9.17, 15) is 9.90 Å². The summed E-state index contributed by atoms with van der Waals surface area (Å²) in [6.45, 7) is 3.84. The number of carbonyl (C=O) groups is 1. The topological polar surface area (TPSA) is 75.4 Å². The fourth-order valence-corrected chi connectivity index (χ4v) is 1.86. The molecule has 15 heavy (non-hydrogen) atoms. The number of hydrogen-bond donors (Lipinski definition) is 3. The second-order valence-corrected chi connectivity index (χ2v) is 4.74. The van der Waals surface area contributed by atoms with Gasteiger partial charge in [-0.05, 0) is 18.8 Å². The van der Waals surface area contributed by atoms with Crippen molar-refractivity contribution in [2.75, 3.05) is 0 Å². The van der Waals surface area contributed by atoms with E-state index < -0.39 is 12.1 Å². The first-order valence-corrected chi connectivity index (χ1v) is 5.76. The summed E-state index contributed by atoms with van der Waals surface area (Å²) >= 11 is 0. The summed E-state index contributed by atoms with van der Waals surface area (Å²) in [4.78, 5) is 11.7. The largest absolute Gasteiger partial charge is 0.391 e. The summed E-state index contributed by atoms with van der Waals surface area (Å²) in [7, 11) is 0. The number of nitrogens with two attached hydrogens (primary N) is 1. The van der Waals surface area contributed by atoms with E-state index in [1.807, 2.05) is 13.8 Å². The minimum absolute atomic E-state index is 0.101. The maximum absolute atomic E-state index is 11.7. The molecule has 1 aliphatic rings. The highest BCUT2D eigenvalue weighted by molar-refractivity contribution is 5.82. The highest BCUT2D eigenvalue weighted by Crippen LogP contribution is 2.18. The van der Waals surface area contributed by atoms with Gasteiger partial charge in [-0.15, -0.1) is 0 Å². The van der Waals surface area contributed by atoms with Crippen molar-refractivity contribution < 1.29 is 9.90 Å². The third kappa shape index (κ3) is 3.47. The molecule has 1 fully saturated rings. The van der Waals surface area contributed by atoms with Crippen molar-refractivity contribution in [1.82, 2.24) is 5.32 Å². The Morgan fingerprint density at radius 3 is 2.53 bits per heavy atom. The molecule has 1 unspecified atom stereocenters. The zero-order valence-electron chi connectivity index (χ0n) is 9.57. The lowest BCUT2D eigenvalue weighted by Gasteiger charge is -2.29. The Labute approximate surface area is 91.2 Å². The van der Waals surface area contributed by atoms with E-state index in [1.54, 1.807) is 0 Å². The molecule has 0 heterocycles. The van der Waals surface area contributed by atoms with Crippen LogP contribution in [0.25, 0.3) is 0 Å². The fraction of sp³-hybridized carbons (Fsp3) is 0.909. The molecule has 1 saturated carbocycles. The maximum atomic E-state index is 11.7. The number of aliphatic hydroxyl groups excluding tert-OH is 1. The van der Waals surface area contributed by atoms with E-state index in [4.69, 9.17) is 5.73 Å². The van der Waals surface area contributed by atoms with Crippen LogP contribution in [0.5, 0.6) is 0 Å². The van der Waals surface area contributed by atoms with Crippen molar-refractivity contribution in [3.63, 3.8) is 0 Å². The van der Waals surface area contributed by atoms with Crippen LogP contribution in [-0.4, -0.2) is 29.2 Å². The first-order valence-electron chi connectivity index (χ1n) is 5.76. The van der Waals surface area contributed by atoms with E-state index in [0.29, 0.717) is 0 Å². The smallest absolute Gasteiger partial charge is 0.237 e. The lowest BCUT2D eigenvalue weighted by molar-refractivity contribution is -0.125. The van der Waals surface area contributed by atoms with Crippen LogP contribution in [0.2, 0.25) is 0 Å². The second-order valence-electron chi connectivity index (χ2n) is 4.74. The zero-order chi connectivity index (χ0) is 11.4. The molecule has 0 aromatic carbocycles. The van der Waals surface area contributed by atoms with Gasteiger partial charge in [-0.3, -0.25) is 4.79 Å². The van der Waals surface area contributed by atoms with Crippen molar-refractivity contribution in [3.05, 3.63) is 0 Å². The summed E-state index contributed by atoms with van der Waals surface area (Å²) in [5.74, 6) is -0.0123. The van der Waals surface area contributed by atoms with Gasteiger partial charge in [0, 0.05) is 0 Å². The Bertz CT molecular complexity index is 219. The van der Waals surface area contributed by atoms with Gasteiger partial charge in [-0.25, -0.2) is 0 Å². The van der Waals surface area contributed by atoms with Crippen LogP contribution in [0.3, 0.4) is 0 Å². The van der Waals surface area contributed by atoms with E-state index >= 15 is 0 Å². The van der Waals surface area contributed by atoms with Crippen molar-refractivity contribution in [3.8, 4) is 0 Å². The number of hydrogen-bond acceptors (Lipinski definition) is 3. The van der Waals surface area contributed by atoms with Crippen LogP contribution in [0, 0.1) is 5.92 Å². The molecule has 0 radical (unpaired) electrons. The number of aliphatic hydroxyl groups is 1. The SMILES string of the molecule is CC(C)C(N)C(=O)N[C@@H]1CCCC[C@H]1O. The fourth-order valence-electron chi connectivity index (χ4n) is 1.86. The third-order valence-electron chi connectivity index (χ3n) is 3.08. The Balaban J connectivity index is 2.42. The van der Waals surface area contributed by atoms with Crippen molar-refractivity contribution >= 4 is 5.91 Å². The van der Waals surface area contributed by atoms with Crippen molar-refractivity contribution in [2.45, 2.75) is 57.7 Å². The van der Waals surface area contributed by atoms with Gasteiger partial charge in [0.05, 0.1) is 18.2 Å². The monoisotopic (exact) mass is 214 g/mol. The molecular weight excluding hydrogens is 192 g/mol. The average Bonchev–Trinajstić information content (AvgIpc) is 2.20. The Hall–Kier alpha value is -0.610. The Morgan fingerprint density at radius 1 is 1.40 bits per heavy atom. The molecule has 0 bridgehead atoms. The van der Waals surface area contributed by atoms with Gasteiger partial charge in [0.25, 0.3) is 0 Å². The molecule has 1 aliphatic carbocycles. The molecule has 0 aromatic heterocycles. The van der Waals surface area contributed by atoms with Gasteiger partial charge in [-0.1, -0.05) is 26.7 Å². The molecule has 4 N–H and O–H groups in total. The number of amides is 1. The predicted octanol–water partition coefficient (Wildman–Crippen LogP) is 0.389. The van der Waals surface area contributed by atoms with Crippen LogP contribution in [0.4, 0.5) is 0 Å². The second kappa shape index (κ2) is 5.47. The first-order chi connectivity index (χ1) is 7.02. The average molecular weight is 214 g/mol. The summed E-state index contributed by atoms with van der Waals surface area (Å²) in [5.41, 5.74) is 5.73. The standard InChI is InChI=1S/C11H22N2O2/c1-7(2)10(12)11(15)13-8-5-3-4-6-9(8)14/h7-10,14H,3-6,12H2,1-2H3,(H,13,15)/t8-,9-,10?/m1/s1. The molecule has 4 heteroatoms. The Morgan fingerprint density at radius 2 is 2.00 bits per heavy atom. The van der Waals surface area contributed by atoms with Gasteiger partial charge in [0.15, 0.2) is 0 Å². The summed E-state index contributed by atoms with van der Waals surface area (Å²) < 4.78 is 0. The quantitative estimate of drug-likeness (QED) is 0.636.